The Morgan fingerprint density at radius 3 is 2.19 bits per heavy atom. The normalized spacial score (nSPS) is 68.0. The van der Waals surface area contributed by atoms with Crippen molar-refractivity contribution in [2.24, 2.45) is 29.1 Å². The van der Waals surface area contributed by atoms with E-state index in [4.69, 9.17) is 4.74 Å². The largest absolute Gasteiger partial charge is 0.390 e. The van der Waals surface area contributed by atoms with Crippen LogP contribution in [0.3, 0.4) is 0 Å². The van der Waals surface area contributed by atoms with Crippen molar-refractivity contribution in [3.8, 4) is 0 Å². The van der Waals surface area contributed by atoms with Crippen molar-refractivity contribution in [3.63, 3.8) is 0 Å². The number of fused-ring (bicyclic) bond motifs is 5. The zero-order valence-electron chi connectivity index (χ0n) is 21.6. The summed E-state index contributed by atoms with van der Waals surface area (Å²) in [5.41, 5.74) is -9.07. The smallest absolute Gasteiger partial charge is 0.196 e. The summed E-state index contributed by atoms with van der Waals surface area (Å²) >= 11 is 0. The highest BCUT2D eigenvalue weighted by molar-refractivity contribution is 5.37. The average molecular weight is 510 g/mol. The lowest BCUT2D eigenvalue weighted by Crippen LogP contribution is -2.85. The molecule has 4 bridgehead atoms. The van der Waals surface area contributed by atoms with Gasteiger partial charge in [-0.25, -0.2) is 0 Å². The quantitative estimate of drug-likeness (QED) is 0.228. The van der Waals surface area contributed by atoms with Crippen LogP contribution in [0, 0.1) is 29.1 Å². The Morgan fingerprint density at radius 1 is 0.778 bits per heavy atom. The minimum absolute atomic E-state index is 0.0208. The van der Waals surface area contributed by atoms with Gasteiger partial charge in [-0.3, -0.25) is 4.90 Å². The molecule has 36 heavy (non-hydrogen) atoms. The molecule has 3 saturated heterocycles. The summed E-state index contributed by atoms with van der Waals surface area (Å²) < 4.78 is 6.52. The van der Waals surface area contributed by atoms with Crippen molar-refractivity contribution in [2.45, 2.75) is 124 Å². The van der Waals surface area contributed by atoms with Crippen LogP contribution >= 0.6 is 0 Å². The molecule has 7 fully saturated rings. The van der Waals surface area contributed by atoms with Gasteiger partial charge in [-0.05, 0) is 51.4 Å². The van der Waals surface area contributed by atoms with Crippen LogP contribution in [-0.2, 0) is 4.74 Å². The Bertz CT molecular complexity index is 995. The lowest BCUT2D eigenvalue weighted by Gasteiger charge is -2.68. The minimum Gasteiger partial charge on any atom is -0.390 e. The first-order chi connectivity index (χ1) is 16.6. The molecule has 4 saturated carbocycles. The molecule has 0 aromatic rings. The van der Waals surface area contributed by atoms with Gasteiger partial charge in [0, 0.05) is 55.1 Å². The number of rotatable bonds is 0. The molecule has 7 aliphatic rings. The predicted molar refractivity (Wildman–Crippen MR) is 126 cm³/mol. The predicted octanol–water partition coefficient (Wildman–Crippen LogP) is -0.526. The van der Waals surface area contributed by atoms with E-state index in [9.17, 15) is 35.7 Å². The fraction of sp³-hybridized carbons (Fsp3) is 1.00. The third-order valence-electron chi connectivity index (χ3n) is 13.1. The number of aliphatic hydroxyl groups is 7. The third kappa shape index (κ3) is 2.27. The third-order valence-corrected chi connectivity index (χ3v) is 13.1. The van der Waals surface area contributed by atoms with E-state index in [0.717, 1.165) is 6.42 Å². The monoisotopic (exact) mass is 509 g/mol. The first-order valence-corrected chi connectivity index (χ1v) is 14.0. The zero-order chi connectivity index (χ0) is 25.9. The van der Waals surface area contributed by atoms with Gasteiger partial charge < -0.3 is 40.5 Å². The van der Waals surface area contributed by atoms with Gasteiger partial charge in [0.05, 0.1) is 11.7 Å². The molecule has 4 aliphatic carbocycles. The summed E-state index contributed by atoms with van der Waals surface area (Å²) in [6.07, 6.45) is 0.752. The number of ether oxygens (including phenoxy) is 1. The molecule has 0 radical (unpaired) electrons. The van der Waals surface area contributed by atoms with Gasteiger partial charge in [-0.1, -0.05) is 13.8 Å². The zero-order valence-corrected chi connectivity index (χ0v) is 21.6. The lowest BCUT2D eigenvalue weighted by atomic mass is 9.49. The maximum Gasteiger partial charge on any atom is 0.196 e. The topological polar surface area (TPSA) is 154 Å². The van der Waals surface area contributed by atoms with Crippen LogP contribution in [0.2, 0.25) is 0 Å². The van der Waals surface area contributed by atoms with Crippen LogP contribution in [0.1, 0.15) is 72.1 Å². The summed E-state index contributed by atoms with van der Waals surface area (Å²) in [5.74, 6) is -3.30. The van der Waals surface area contributed by atoms with E-state index in [1.165, 1.54) is 0 Å². The van der Waals surface area contributed by atoms with Crippen LogP contribution < -0.4 is 0 Å². The Morgan fingerprint density at radius 2 is 1.47 bits per heavy atom. The van der Waals surface area contributed by atoms with Crippen LogP contribution in [0.15, 0.2) is 0 Å². The lowest BCUT2D eigenvalue weighted by molar-refractivity contribution is -0.354. The van der Waals surface area contributed by atoms with Crippen LogP contribution in [0.5, 0.6) is 0 Å². The first-order valence-electron chi connectivity index (χ1n) is 14.0. The standard InChI is InChI=1S/C27H43NO8/c1-14-4-7-18-22(3,31)26(34)17(12-28(18)11-14)24(33)13-25-16(23(24,32)10-20(26)30)6-5-15-21(25,2)9-8-19(29)27(15,35)36-25/h14-20,29-35H,4-13H2,1-3H3/t14-,15+,16-,17-,18+,19+,20+,21+,22+,23-,24-,25-,26+,27-/m0/s1. The summed E-state index contributed by atoms with van der Waals surface area (Å²) in [6, 6.07) is -0.360. The summed E-state index contributed by atoms with van der Waals surface area (Å²) in [7, 11) is 0. The molecular weight excluding hydrogens is 466 g/mol. The second kappa shape index (κ2) is 6.67. The van der Waals surface area contributed by atoms with Crippen molar-refractivity contribution in [1.29, 1.82) is 0 Å². The van der Waals surface area contributed by atoms with E-state index < -0.39 is 63.3 Å². The van der Waals surface area contributed by atoms with Gasteiger partial charge in [0.15, 0.2) is 5.79 Å². The molecular formula is C27H43NO8. The van der Waals surface area contributed by atoms with E-state index in [1.807, 2.05) is 6.92 Å². The number of hydrogen-bond acceptors (Lipinski definition) is 9. The van der Waals surface area contributed by atoms with Gasteiger partial charge >= 0.3 is 0 Å². The average Bonchev–Trinajstić information content (AvgIpc) is 2.97. The SMILES string of the molecule is C[C@H]1CC[C@H]2N(C1)C[C@@H]1[C@@](O)([C@H](O)C[C@]3(O)[C@@H]4CC[C@H]5[C@]6(O)O[C@]4(C[C@]13O)[C@]5(C)CC[C@H]6O)[C@]2(C)O. The molecule has 1 spiro atoms. The minimum atomic E-state index is -2.02. The maximum absolute atomic E-state index is 12.7. The van der Waals surface area contributed by atoms with Gasteiger partial charge in [-0.15, -0.1) is 0 Å². The highest BCUT2D eigenvalue weighted by atomic mass is 16.7. The Hall–Kier alpha value is -0.360. The molecule has 7 N–H and O–H groups in total. The van der Waals surface area contributed by atoms with Crippen molar-refractivity contribution in [3.05, 3.63) is 0 Å². The molecule has 3 aliphatic heterocycles. The van der Waals surface area contributed by atoms with Gasteiger partial charge in [0.25, 0.3) is 0 Å². The molecule has 204 valence electrons. The fourth-order valence-electron chi connectivity index (χ4n) is 11.3. The number of nitrogens with zero attached hydrogens (tertiary/aromatic N) is 1. The summed E-state index contributed by atoms with van der Waals surface area (Å²) in [6.45, 7) is 6.70. The molecule has 0 aromatic heterocycles. The fourth-order valence-corrected chi connectivity index (χ4v) is 11.3. The molecule has 3 heterocycles. The second-order valence-corrected chi connectivity index (χ2v) is 14.3. The van der Waals surface area contributed by atoms with E-state index in [2.05, 4.69) is 11.8 Å². The van der Waals surface area contributed by atoms with Gasteiger partial charge in [0.1, 0.15) is 28.5 Å². The highest BCUT2D eigenvalue weighted by Crippen LogP contribution is 2.78. The van der Waals surface area contributed by atoms with Crippen molar-refractivity contribution < 1.29 is 40.5 Å². The van der Waals surface area contributed by atoms with Gasteiger partial charge in [-0.2, -0.15) is 0 Å². The second-order valence-electron chi connectivity index (χ2n) is 14.3. The molecule has 9 heteroatoms. The number of hydrogen-bond donors (Lipinski definition) is 7. The number of piperidine rings is 2. The van der Waals surface area contributed by atoms with E-state index in [1.54, 1.807) is 6.92 Å². The molecule has 14 atom stereocenters. The van der Waals surface area contributed by atoms with Gasteiger partial charge in [0.2, 0.25) is 0 Å². The van der Waals surface area contributed by atoms with Crippen molar-refractivity contribution >= 4 is 0 Å². The summed E-state index contributed by atoms with van der Waals surface area (Å²) in [5, 5.41) is 83.2. The van der Waals surface area contributed by atoms with E-state index >= 15 is 0 Å². The highest BCUT2D eigenvalue weighted by Gasteiger charge is 2.88. The Labute approximate surface area is 212 Å². The van der Waals surface area contributed by atoms with Crippen LogP contribution in [0.4, 0.5) is 0 Å². The Balaban J connectivity index is 1.39. The molecule has 0 unspecified atom stereocenters. The first kappa shape index (κ1) is 24.7. The Kier molecular flexibility index (Phi) is 4.57. The summed E-state index contributed by atoms with van der Waals surface area (Å²) in [4.78, 5) is 2.12. The van der Waals surface area contributed by atoms with Crippen molar-refractivity contribution in [2.75, 3.05) is 13.1 Å². The van der Waals surface area contributed by atoms with Crippen LogP contribution in [0.25, 0.3) is 0 Å². The van der Waals surface area contributed by atoms with Crippen LogP contribution in [-0.4, -0.2) is 106 Å². The molecule has 0 amide bonds. The number of aliphatic hydroxyl groups excluding tert-OH is 2. The van der Waals surface area contributed by atoms with E-state index in [0.29, 0.717) is 44.6 Å². The maximum atomic E-state index is 12.7. The molecule has 9 nitrogen and oxygen atoms in total. The molecule has 0 aromatic carbocycles. The van der Waals surface area contributed by atoms with E-state index in [-0.39, 0.29) is 31.3 Å². The van der Waals surface area contributed by atoms with Crippen molar-refractivity contribution in [1.82, 2.24) is 4.90 Å². The molecule has 7 rings (SSSR count).